The van der Waals surface area contributed by atoms with Crippen LogP contribution in [0.2, 0.25) is 0 Å². The van der Waals surface area contributed by atoms with Gasteiger partial charge in [-0.3, -0.25) is 4.79 Å². The highest BCUT2D eigenvalue weighted by Gasteiger charge is 2.51. The number of hydrogen-bond donors (Lipinski definition) is 2. The molecule has 1 saturated heterocycles. The van der Waals surface area contributed by atoms with Gasteiger partial charge in [-0.15, -0.1) is 0 Å². The maximum atomic E-state index is 13.1. The van der Waals surface area contributed by atoms with Gasteiger partial charge in [0.2, 0.25) is 5.91 Å². The number of amides is 1. The quantitative estimate of drug-likeness (QED) is 0.399. The van der Waals surface area contributed by atoms with Gasteiger partial charge >= 0.3 is 25.4 Å². The number of rotatable bonds is 7. The average molecular weight is 545 g/mol. The van der Waals surface area contributed by atoms with Crippen LogP contribution in [0.15, 0.2) is 42.5 Å². The number of carboxylic acids is 1. The minimum atomic E-state index is -5.07. The van der Waals surface area contributed by atoms with Gasteiger partial charge in [0.1, 0.15) is 6.04 Å². The van der Waals surface area contributed by atoms with Crippen LogP contribution < -0.4 is 10.8 Å². The number of alkyl halides is 6. The van der Waals surface area contributed by atoms with Crippen molar-refractivity contribution in [3.05, 3.63) is 64.7 Å². The largest absolute Gasteiger partial charge is 0.494 e. The fourth-order valence-electron chi connectivity index (χ4n) is 3.78. The average Bonchev–Trinajstić information content (AvgIpc) is 2.99. The summed E-state index contributed by atoms with van der Waals surface area (Å²) in [5.74, 6) is -2.47. The summed E-state index contributed by atoms with van der Waals surface area (Å²) in [6, 6.07) is 5.93. The van der Waals surface area contributed by atoms with Gasteiger partial charge in [0.15, 0.2) is 0 Å². The van der Waals surface area contributed by atoms with Crippen molar-refractivity contribution in [3.63, 3.8) is 0 Å². The van der Waals surface area contributed by atoms with E-state index >= 15 is 0 Å². The molecule has 0 unspecified atom stereocenters. The van der Waals surface area contributed by atoms with E-state index < -0.39 is 71.7 Å². The summed E-state index contributed by atoms with van der Waals surface area (Å²) in [7, 11) is -0.641. The topological polar surface area (TPSA) is 84.9 Å². The van der Waals surface area contributed by atoms with E-state index in [-0.39, 0.29) is 12.5 Å². The van der Waals surface area contributed by atoms with E-state index in [1.54, 1.807) is 24.3 Å². The Bertz CT molecular complexity index is 1150. The van der Waals surface area contributed by atoms with E-state index in [2.05, 4.69) is 5.32 Å². The second-order valence-electron chi connectivity index (χ2n) is 10.1. The molecule has 0 aliphatic carbocycles. The summed E-state index contributed by atoms with van der Waals surface area (Å²) in [5, 5.41) is 11.7. The molecule has 13 heteroatoms. The second kappa shape index (κ2) is 10.3. The van der Waals surface area contributed by atoms with Gasteiger partial charge in [-0.1, -0.05) is 24.3 Å². The highest BCUT2D eigenvalue weighted by molar-refractivity contribution is 6.62. The van der Waals surface area contributed by atoms with Gasteiger partial charge in [-0.2, -0.15) is 26.3 Å². The van der Waals surface area contributed by atoms with Crippen molar-refractivity contribution in [1.29, 1.82) is 0 Å². The van der Waals surface area contributed by atoms with Gasteiger partial charge in [0.05, 0.1) is 28.7 Å². The molecule has 0 saturated carbocycles. The zero-order valence-electron chi connectivity index (χ0n) is 21.0. The van der Waals surface area contributed by atoms with Crippen molar-refractivity contribution < 1.29 is 50.3 Å². The van der Waals surface area contributed by atoms with Crippen molar-refractivity contribution >= 4 is 24.5 Å². The summed E-state index contributed by atoms with van der Waals surface area (Å²) in [6.07, 6.45) is -11.2. The van der Waals surface area contributed by atoms with Gasteiger partial charge < -0.3 is 19.7 Å². The lowest BCUT2D eigenvalue weighted by atomic mass is 9.78. The molecule has 1 aliphatic rings. The predicted molar refractivity (Wildman–Crippen MR) is 126 cm³/mol. The van der Waals surface area contributed by atoms with Crippen molar-refractivity contribution in [2.45, 2.75) is 70.1 Å². The lowest BCUT2D eigenvalue weighted by Crippen LogP contribution is -2.43. The van der Waals surface area contributed by atoms with Crippen LogP contribution in [0.5, 0.6) is 0 Å². The Morgan fingerprint density at radius 3 is 1.76 bits per heavy atom. The summed E-state index contributed by atoms with van der Waals surface area (Å²) < 4.78 is 90.4. The monoisotopic (exact) mass is 545 g/mol. The van der Waals surface area contributed by atoms with E-state index in [0.29, 0.717) is 23.2 Å². The third-order valence-electron chi connectivity index (χ3n) is 6.59. The zero-order chi connectivity index (χ0) is 28.7. The number of halogens is 6. The molecule has 0 aromatic heterocycles. The molecular formula is C25H26BF6NO5. The first-order valence-corrected chi connectivity index (χ1v) is 11.5. The van der Waals surface area contributed by atoms with Crippen molar-refractivity contribution in [2.24, 2.45) is 0 Å². The van der Waals surface area contributed by atoms with E-state index in [4.69, 9.17) is 9.31 Å². The molecule has 1 amide bonds. The summed E-state index contributed by atoms with van der Waals surface area (Å²) >= 11 is 0. The van der Waals surface area contributed by atoms with Crippen molar-refractivity contribution in [3.8, 4) is 0 Å². The third kappa shape index (κ3) is 6.87. The van der Waals surface area contributed by atoms with Crippen molar-refractivity contribution in [1.82, 2.24) is 5.32 Å². The molecule has 2 aromatic carbocycles. The molecule has 38 heavy (non-hydrogen) atoms. The van der Waals surface area contributed by atoms with Crippen LogP contribution in [-0.4, -0.2) is 41.3 Å². The van der Waals surface area contributed by atoms with Gasteiger partial charge in [-0.05, 0) is 62.5 Å². The molecule has 0 radical (unpaired) electrons. The fourth-order valence-corrected chi connectivity index (χ4v) is 3.78. The lowest BCUT2D eigenvalue weighted by Gasteiger charge is -2.32. The van der Waals surface area contributed by atoms with Crippen LogP contribution in [0.3, 0.4) is 0 Å². The highest BCUT2D eigenvalue weighted by atomic mass is 19.4. The minimum absolute atomic E-state index is 0.0469. The highest BCUT2D eigenvalue weighted by Crippen LogP contribution is 2.37. The molecule has 0 bridgehead atoms. The molecule has 206 valence electrons. The summed E-state index contributed by atoms with van der Waals surface area (Å²) in [4.78, 5) is 24.1. The van der Waals surface area contributed by atoms with Crippen LogP contribution in [0.4, 0.5) is 26.3 Å². The number of carbonyl (C=O) groups is 2. The molecule has 1 atom stereocenters. The molecular weight excluding hydrogens is 519 g/mol. The second-order valence-corrected chi connectivity index (χ2v) is 10.1. The number of carboxylic acid groups (broad SMARTS) is 1. The Labute approximate surface area is 215 Å². The molecule has 1 heterocycles. The zero-order valence-corrected chi connectivity index (χ0v) is 21.0. The number of benzene rings is 2. The van der Waals surface area contributed by atoms with Gasteiger partial charge in [0.25, 0.3) is 0 Å². The van der Waals surface area contributed by atoms with E-state index in [0.717, 1.165) is 0 Å². The molecule has 2 N–H and O–H groups in total. The smallest absolute Gasteiger partial charge is 0.480 e. The Morgan fingerprint density at radius 1 is 0.868 bits per heavy atom. The first-order chi connectivity index (χ1) is 17.3. The van der Waals surface area contributed by atoms with Crippen LogP contribution in [0.1, 0.15) is 49.9 Å². The fraction of sp³-hybridized carbons (Fsp3) is 0.440. The van der Waals surface area contributed by atoms with Crippen LogP contribution in [0, 0.1) is 0 Å². The normalized spacial score (nSPS) is 17.8. The molecule has 6 nitrogen and oxygen atoms in total. The number of nitrogens with one attached hydrogen (secondary N) is 1. The maximum Gasteiger partial charge on any atom is 0.494 e. The van der Waals surface area contributed by atoms with Crippen LogP contribution in [0.25, 0.3) is 0 Å². The van der Waals surface area contributed by atoms with E-state index in [1.165, 1.54) is 0 Å². The van der Waals surface area contributed by atoms with Gasteiger partial charge in [-0.25, -0.2) is 4.79 Å². The number of carbonyl (C=O) groups excluding carboxylic acids is 1. The SMILES string of the molecule is CC1(C)OB(c2ccc(C[C@H](NC(=O)Cc3cc(C(F)(F)F)cc(C(F)(F)F)c3)C(=O)O)cc2)OC1(C)C. The van der Waals surface area contributed by atoms with Gasteiger partial charge in [0, 0.05) is 6.42 Å². The Morgan fingerprint density at radius 2 is 1.34 bits per heavy atom. The Hall–Kier alpha value is -3.06. The maximum absolute atomic E-state index is 13.1. The minimum Gasteiger partial charge on any atom is -0.480 e. The summed E-state index contributed by atoms with van der Waals surface area (Å²) in [6.45, 7) is 7.57. The lowest BCUT2D eigenvalue weighted by molar-refractivity contribution is -0.143. The molecule has 1 fully saturated rings. The predicted octanol–water partition coefficient (Wildman–Crippen LogP) is 4.38. The molecule has 2 aromatic rings. The number of hydrogen-bond acceptors (Lipinski definition) is 4. The Kier molecular flexibility index (Phi) is 7.96. The number of aliphatic carboxylic acids is 1. The molecule has 1 aliphatic heterocycles. The van der Waals surface area contributed by atoms with E-state index in [1.807, 2.05) is 27.7 Å². The standard InChI is InChI=1S/C25H26BF6NO5/c1-22(2)23(3,4)38-26(37-22)18-7-5-14(6-8-18)11-19(21(35)36)33-20(34)12-15-9-16(24(27,28)29)13-17(10-15)25(30,31)32/h5-10,13,19H,11-12H2,1-4H3,(H,33,34)(H,35,36)/t19-/m0/s1. The van der Waals surface area contributed by atoms with Crippen LogP contribution >= 0.6 is 0 Å². The first-order valence-electron chi connectivity index (χ1n) is 11.5. The molecule has 0 spiro atoms. The third-order valence-corrected chi connectivity index (χ3v) is 6.59. The van der Waals surface area contributed by atoms with Crippen LogP contribution in [-0.2, 0) is 44.1 Å². The Balaban J connectivity index is 1.71. The summed E-state index contributed by atoms with van der Waals surface area (Å²) in [5.41, 5.74) is -3.60. The molecule has 3 rings (SSSR count). The van der Waals surface area contributed by atoms with Crippen molar-refractivity contribution in [2.75, 3.05) is 0 Å². The van der Waals surface area contributed by atoms with E-state index in [9.17, 15) is 41.0 Å². The first kappa shape index (κ1) is 29.5.